The van der Waals surface area contributed by atoms with Crippen LogP contribution in [0.15, 0.2) is 18.2 Å². The average molecular weight is 289 g/mol. The molecule has 2 aromatic rings. The van der Waals surface area contributed by atoms with E-state index in [0.717, 1.165) is 12.2 Å². The zero-order chi connectivity index (χ0) is 15.8. The van der Waals surface area contributed by atoms with Crippen molar-refractivity contribution in [3.8, 4) is 0 Å². The van der Waals surface area contributed by atoms with Gasteiger partial charge in [-0.15, -0.1) is 0 Å². The number of aryl methyl sites for hydroxylation is 1. The Morgan fingerprint density at radius 2 is 2.05 bits per heavy atom. The fourth-order valence-electron chi connectivity index (χ4n) is 2.39. The summed E-state index contributed by atoms with van der Waals surface area (Å²) in [6.07, 6.45) is 1.55. The first-order valence-electron chi connectivity index (χ1n) is 6.84. The van der Waals surface area contributed by atoms with Crippen LogP contribution in [0.1, 0.15) is 43.4 Å². The largest absolute Gasteiger partial charge is 0.478 e. The SMILES string of the molecule is CCCc1nc2cc(C(=O)O)ccc2n1C(C)(C)C(N)=O. The maximum absolute atomic E-state index is 11.8. The van der Waals surface area contributed by atoms with Crippen LogP contribution in [0.5, 0.6) is 0 Å². The van der Waals surface area contributed by atoms with Crippen molar-refractivity contribution in [3.63, 3.8) is 0 Å². The number of imidazole rings is 1. The third-order valence-electron chi connectivity index (χ3n) is 3.61. The molecule has 1 heterocycles. The van der Waals surface area contributed by atoms with Crippen LogP contribution in [0.2, 0.25) is 0 Å². The molecule has 0 radical (unpaired) electrons. The van der Waals surface area contributed by atoms with Gasteiger partial charge in [0, 0.05) is 6.42 Å². The van der Waals surface area contributed by atoms with Gasteiger partial charge in [0.1, 0.15) is 11.4 Å². The molecule has 6 heteroatoms. The molecule has 0 saturated heterocycles. The monoisotopic (exact) mass is 289 g/mol. The fourth-order valence-corrected chi connectivity index (χ4v) is 2.39. The van der Waals surface area contributed by atoms with E-state index in [0.29, 0.717) is 17.5 Å². The highest BCUT2D eigenvalue weighted by atomic mass is 16.4. The molecule has 0 aliphatic carbocycles. The smallest absolute Gasteiger partial charge is 0.335 e. The van der Waals surface area contributed by atoms with E-state index in [4.69, 9.17) is 10.8 Å². The fraction of sp³-hybridized carbons (Fsp3) is 0.400. The standard InChI is InChI=1S/C15H19N3O3/c1-4-5-12-17-10-8-9(13(19)20)6-7-11(10)18(12)15(2,3)14(16)21/h6-8H,4-5H2,1-3H3,(H2,16,21)(H,19,20). The maximum atomic E-state index is 11.8. The molecule has 1 aromatic carbocycles. The molecule has 0 aliphatic rings. The molecule has 0 atom stereocenters. The minimum atomic E-state index is -1.00. The second-order valence-electron chi connectivity index (χ2n) is 5.55. The van der Waals surface area contributed by atoms with Crippen molar-refractivity contribution >= 4 is 22.9 Å². The molecule has 0 fully saturated rings. The van der Waals surface area contributed by atoms with Crippen LogP contribution in [0.25, 0.3) is 11.0 Å². The van der Waals surface area contributed by atoms with Crippen molar-refractivity contribution in [3.05, 3.63) is 29.6 Å². The van der Waals surface area contributed by atoms with Gasteiger partial charge in [-0.25, -0.2) is 9.78 Å². The molecular weight excluding hydrogens is 270 g/mol. The van der Waals surface area contributed by atoms with Crippen LogP contribution in [0.3, 0.4) is 0 Å². The number of carboxylic acid groups (broad SMARTS) is 1. The molecule has 21 heavy (non-hydrogen) atoms. The molecular formula is C15H19N3O3. The first kappa shape index (κ1) is 15.0. The number of nitrogens with two attached hydrogens (primary N) is 1. The third kappa shape index (κ3) is 2.49. The Kier molecular flexibility index (Phi) is 3.72. The zero-order valence-corrected chi connectivity index (χ0v) is 12.4. The molecule has 0 spiro atoms. The summed E-state index contributed by atoms with van der Waals surface area (Å²) < 4.78 is 1.81. The van der Waals surface area contributed by atoms with Gasteiger partial charge < -0.3 is 15.4 Å². The van der Waals surface area contributed by atoms with E-state index in [1.54, 1.807) is 24.5 Å². The van der Waals surface area contributed by atoms with Crippen molar-refractivity contribution in [1.29, 1.82) is 0 Å². The van der Waals surface area contributed by atoms with Gasteiger partial charge in [0.05, 0.1) is 16.6 Å². The van der Waals surface area contributed by atoms with Crippen molar-refractivity contribution < 1.29 is 14.7 Å². The minimum Gasteiger partial charge on any atom is -0.478 e. The number of carbonyl (C=O) groups is 2. The number of nitrogens with zero attached hydrogens (tertiary/aromatic N) is 2. The van der Waals surface area contributed by atoms with Crippen LogP contribution in [0, 0.1) is 0 Å². The second-order valence-corrected chi connectivity index (χ2v) is 5.55. The number of rotatable bonds is 5. The average Bonchev–Trinajstić information content (AvgIpc) is 2.76. The van der Waals surface area contributed by atoms with E-state index in [1.807, 2.05) is 6.92 Å². The van der Waals surface area contributed by atoms with Gasteiger partial charge in [-0.2, -0.15) is 0 Å². The van der Waals surface area contributed by atoms with E-state index in [-0.39, 0.29) is 5.56 Å². The Morgan fingerprint density at radius 3 is 2.57 bits per heavy atom. The van der Waals surface area contributed by atoms with Gasteiger partial charge in [-0.05, 0) is 38.5 Å². The molecule has 2 rings (SSSR count). The molecule has 0 bridgehead atoms. The Balaban J connectivity index is 2.75. The summed E-state index contributed by atoms with van der Waals surface area (Å²) in [5.74, 6) is -0.724. The molecule has 6 nitrogen and oxygen atoms in total. The Hall–Kier alpha value is -2.37. The number of aromatic carboxylic acids is 1. The first-order chi connectivity index (χ1) is 9.78. The van der Waals surface area contributed by atoms with Crippen molar-refractivity contribution in [2.75, 3.05) is 0 Å². The van der Waals surface area contributed by atoms with E-state index in [9.17, 15) is 9.59 Å². The molecule has 0 unspecified atom stereocenters. The quantitative estimate of drug-likeness (QED) is 0.878. The van der Waals surface area contributed by atoms with E-state index >= 15 is 0 Å². The van der Waals surface area contributed by atoms with Crippen LogP contribution in [-0.2, 0) is 16.8 Å². The highest BCUT2D eigenvalue weighted by Crippen LogP contribution is 2.27. The lowest BCUT2D eigenvalue weighted by molar-refractivity contribution is -0.125. The van der Waals surface area contributed by atoms with Gasteiger partial charge in [0.25, 0.3) is 0 Å². The summed E-state index contributed by atoms with van der Waals surface area (Å²) in [6, 6.07) is 4.70. The summed E-state index contributed by atoms with van der Waals surface area (Å²) in [5.41, 5.74) is 6.04. The molecule has 1 amide bonds. The van der Waals surface area contributed by atoms with Crippen molar-refractivity contribution in [2.45, 2.75) is 39.2 Å². The molecule has 112 valence electrons. The minimum absolute atomic E-state index is 0.173. The number of carboxylic acids is 1. The summed E-state index contributed by atoms with van der Waals surface area (Å²) in [7, 11) is 0. The van der Waals surface area contributed by atoms with Crippen LogP contribution >= 0.6 is 0 Å². The molecule has 1 aromatic heterocycles. The number of aromatic nitrogens is 2. The van der Waals surface area contributed by atoms with Crippen molar-refractivity contribution in [2.24, 2.45) is 5.73 Å². The number of amides is 1. The van der Waals surface area contributed by atoms with Crippen LogP contribution < -0.4 is 5.73 Å². The summed E-state index contributed by atoms with van der Waals surface area (Å²) in [5, 5.41) is 9.06. The van der Waals surface area contributed by atoms with Crippen LogP contribution in [0.4, 0.5) is 0 Å². The topological polar surface area (TPSA) is 98.2 Å². The number of hydrogen-bond acceptors (Lipinski definition) is 3. The predicted molar refractivity (Wildman–Crippen MR) is 79.2 cm³/mol. The number of primary amides is 1. The van der Waals surface area contributed by atoms with Gasteiger partial charge in [-0.3, -0.25) is 4.79 Å². The van der Waals surface area contributed by atoms with Gasteiger partial charge in [0.2, 0.25) is 5.91 Å². The Morgan fingerprint density at radius 1 is 1.38 bits per heavy atom. The number of fused-ring (bicyclic) bond motifs is 1. The van der Waals surface area contributed by atoms with Gasteiger partial charge >= 0.3 is 5.97 Å². The lowest BCUT2D eigenvalue weighted by Gasteiger charge is -2.25. The predicted octanol–water partition coefficient (Wildman–Crippen LogP) is 1.91. The third-order valence-corrected chi connectivity index (χ3v) is 3.61. The summed E-state index contributed by atoms with van der Waals surface area (Å²) in [4.78, 5) is 27.3. The lowest BCUT2D eigenvalue weighted by atomic mass is 10.0. The number of hydrogen-bond donors (Lipinski definition) is 2. The van der Waals surface area contributed by atoms with E-state index in [2.05, 4.69) is 4.98 Å². The Bertz CT molecular complexity index is 716. The highest BCUT2D eigenvalue weighted by Gasteiger charge is 2.31. The Labute approximate surface area is 122 Å². The molecule has 0 saturated carbocycles. The normalized spacial score (nSPS) is 11.8. The van der Waals surface area contributed by atoms with Crippen LogP contribution in [-0.4, -0.2) is 26.5 Å². The first-order valence-corrected chi connectivity index (χ1v) is 6.84. The van der Waals surface area contributed by atoms with E-state index < -0.39 is 17.4 Å². The number of benzene rings is 1. The molecule has 3 N–H and O–H groups in total. The molecule has 0 aliphatic heterocycles. The highest BCUT2D eigenvalue weighted by molar-refractivity contribution is 5.93. The van der Waals surface area contributed by atoms with E-state index in [1.165, 1.54) is 12.1 Å². The summed E-state index contributed by atoms with van der Waals surface area (Å²) in [6.45, 7) is 5.49. The van der Waals surface area contributed by atoms with Crippen molar-refractivity contribution in [1.82, 2.24) is 9.55 Å². The number of carbonyl (C=O) groups excluding carboxylic acids is 1. The zero-order valence-electron chi connectivity index (χ0n) is 12.4. The maximum Gasteiger partial charge on any atom is 0.335 e. The van der Waals surface area contributed by atoms with Gasteiger partial charge in [0.15, 0.2) is 0 Å². The lowest BCUT2D eigenvalue weighted by Crippen LogP contribution is -2.41. The second kappa shape index (κ2) is 5.20. The van der Waals surface area contributed by atoms with Gasteiger partial charge in [-0.1, -0.05) is 6.92 Å². The summed E-state index contributed by atoms with van der Waals surface area (Å²) >= 11 is 0.